The van der Waals surface area contributed by atoms with Gasteiger partial charge in [-0.1, -0.05) is 48.0 Å². The molecule has 3 aromatic rings. The summed E-state index contributed by atoms with van der Waals surface area (Å²) in [4.78, 5) is 12.1. The van der Waals surface area contributed by atoms with Gasteiger partial charge in [-0.25, -0.2) is 4.98 Å². The Labute approximate surface area is 167 Å². The zero-order valence-corrected chi connectivity index (χ0v) is 17.2. The topological polar surface area (TPSA) is 41.1 Å². The smallest absolute Gasteiger partial charge is 0.229 e. The van der Waals surface area contributed by atoms with Crippen LogP contribution in [-0.4, -0.2) is 23.1 Å². The van der Waals surface area contributed by atoms with Crippen molar-refractivity contribution in [1.82, 2.24) is 9.97 Å². The number of benzene rings is 2. The molecule has 1 aliphatic rings. The predicted molar refractivity (Wildman–Crippen MR) is 117 cm³/mol. The molecular formula is C24H28N4. The van der Waals surface area contributed by atoms with Crippen molar-refractivity contribution in [3.63, 3.8) is 0 Å². The number of aromatic nitrogens is 2. The maximum atomic E-state index is 4.91. The molecule has 2 heterocycles. The van der Waals surface area contributed by atoms with Gasteiger partial charge in [-0.3, -0.25) is 0 Å². The van der Waals surface area contributed by atoms with Crippen LogP contribution in [0.5, 0.6) is 0 Å². The van der Waals surface area contributed by atoms with E-state index in [2.05, 4.69) is 80.4 Å². The average molecular weight is 373 g/mol. The van der Waals surface area contributed by atoms with Gasteiger partial charge in [-0.05, 0) is 57.2 Å². The SMILES string of the molecule is Cc1cc(C)c(Nc2nc(C)c3c(n2)N(CCc2ccccc2)CC3)c(C)c1. The Kier molecular flexibility index (Phi) is 5.03. The van der Waals surface area contributed by atoms with Gasteiger partial charge in [0.05, 0.1) is 0 Å². The van der Waals surface area contributed by atoms with Gasteiger partial charge in [-0.15, -0.1) is 0 Å². The van der Waals surface area contributed by atoms with Gasteiger partial charge in [0.25, 0.3) is 0 Å². The van der Waals surface area contributed by atoms with Crippen LogP contribution in [0.2, 0.25) is 0 Å². The van der Waals surface area contributed by atoms with E-state index in [0.717, 1.165) is 43.1 Å². The van der Waals surface area contributed by atoms with Crippen LogP contribution in [0.25, 0.3) is 0 Å². The van der Waals surface area contributed by atoms with Gasteiger partial charge < -0.3 is 10.2 Å². The molecule has 2 aromatic carbocycles. The van der Waals surface area contributed by atoms with E-state index in [1.54, 1.807) is 0 Å². The lowest BCUT2D eigenvalue weighted by atomic mass is 10.1. The van der Waals surface area contributed by atoms with Gasteiger partial charge in [0.2, 0.25) is 5.95 Å². The number of anilines is 3. The summed E-state index contributed by atoms with van der Waals surface area (Å²) in [5, 5.41) is 3.48. The van der Waals surface area contributed by atoms with Crippen LogP contribution >= 0.6 is 0 Å². The molecule has 0 fully saturated rings. The molecule has 1 aromatic heterocycles. The first-order valence-electron chi connectivity index (χ1n) is 10.0. The third-order valence-corrected chi connectivity index (χ3v) is 5.55. The Morgan fingerprint density at radius 1 is 0.964 bits per heavy atom. The van der Waals surface area contributed by atoms with Crippen molar-refractivity contribution in [3.05, 3.63) is 76.0 Å². The van der Waals surface area contributed by atoms with E-state index in [-0.39, 0.29) is 0 Å². The maximum Gasteiger partial charge on any atom is 0.229 e. The van der Waals surface area contributed by atoms with Gasteiger partial charge in [-0.2, -0.15) is 4.98 Å². The summed E-state index contributed by atoms with van der Waals surface area (Å²) in [6, 6.07) is 15.1. The second kappa shape index (κ2) is 7.63. The lowest BCUT2D eigenvalue weighted by Gasteiger charge is -2.20. The summed E-state index contributed by atoms with van der Waals surface area (Å²) in [5.74, 6) is 1.78. The van der Waals surface area contributed by atoms with E-state index < -0.39 is 0 Å². The first-order chi connectivity index (χ1) is 13.5. The monoisotopic (exact) mass is 372 g/mol. The number of fused-ring (bicyclic) bond motifs is 1. The van der Waals surface area contributed by atoms with Crippen LogP contribution in [0.15, 0.2) is 42.5 Å². The molecule has 0 saturated heterocycles. The molecule has 0 saturated carbocycles. The fourth-order valence-corrected chi connectivity index (χ4v) is 4.16. The van der Waals surface area contributed by atoms with Gasteiger partial charge >= 0.3 is 0 Å². The quantitative estimate of drug-likeness (QED) is 0.680. The van der Waals surface area contributed by atoms with E-state index in [9.17, 15) is 0 Å². The third-order valence-electron chi connectivity index (χ3n) is 5.55. The van der Waals surface area contributed by atoms with Gasteiger partial charge in [0.15, 0.2) is 0 Å². The standard InChI is InChI=1S/C24H28N4/c1-16-14-17(2)22(18(3)15-16)26-24-25-19(4)21-11-13-28(23(21)27-24)12-10-20-8-6-5-7-9-20/h5-9,14-15H,10-13H2,1-4H3,(H,25,26,27). The number of aryl methyl sites for hydroxylation is 4. The molecule has 1 N–H and O–H groups in total. The Morgan fingerprint density at radius 3 is 2.39 bits per heavy atom. The zero-order valence-electron chi connectivity index (χ0n) is 17.2. The fourth-order valence-electron chi connectivity index (χ4n) is 4.16. The fraction of sp³-hybridized carbons (Fsp3) is 0.333. The highest BCUT2D eigenvalue weighted by molar-refractivity contribution is 5.66. The number of nitrogens with zero attached hydrogens (tertiary/aromatic N) is 3. The Morgan fingerprint density at radius 2 is 1.68 bits per heavy atom. The first-order valence-corrected chi connectivity index (χ1v) is 10.0. The minimum atomic E-state index is 0.693. The molecule has 4 rings (SSSR count). The predicted octanol–water partition coefficient (Wildman–Crippen LogP) is 5.06. The highest BCUT2D eigenvalue weighted by atomic mass is 15.2. The van der Waals surface area contributed by atoms with Crippen molar-refractivity contribution in [3.8, 4) is 0 Å². The number of hydrogen-bond acceptors (Lipinski definition) is 4. The van der Waals surface area contributed by atoms with Crippen LogP contribution in [0, 0.1) is 27.7 Å². The lowest BCUT2D eigenvalue weighted by molar-refractivity contribution is 0.804. The van der Waals surface area contributed by atoms with Crippen molar-refractivity contribution in [2.75, 3.05) is 23.3 Å². The molecule has 0 radical (unpaired) electrons. The number of rotatable bonds is 5. The van der Waals surface area contributed by atoms with E-state index in [0.29, 0.717) is 5.95 Å². The van der Waals surface area contributed by atoms with Gasteiger partial charge in [0.1, 0.15) is 5.82 Å². The molecule has 0 aliphatic carbocycles. The lowest BCUT2D eigenvalue weighted by Crippen LogP contribution is -2.24. The summed E-state index contributed by atoms with van der Waals surface area (Å²) < 4.78 is 0. The summed E-state index contributed by atoms with van der Waals surface area (Å²) in [6.45, 7) is 10.5. The minimum Gasteiger partial charge on any atom is -0.356 e. The Balaban J connectivity index is 1.58. The second-order valence-electron chi connectivity index (χ2n) is 7.81. The summed E-state index contributed by atoms with van der Waals surface area (Å²) in [6.07, 6.45) is 2.06. The van der Waals surface area contributed by atoms with E-state index >= 15 is 0 Å². The molecule has 0 amide bonds. The molecule has 28 heavy (non-hydrogen) atoms. The molecule has 4 nitrogen and oxygen atoms in total. The molecule has 0 bridgehead atoms. The molecule has 0 spiro atoms. The van der Waals surface area contributed by atoms with Crippen molar-refractivity contribution in [1.29, 1.82) is 0 Å². The Hall–Kier alpha value is -2.88. The second-order valence-corrected chi connectivity index (χ2v) is 7.81. The molecule has 0 atom stereocenters. The van der Waals surface area contributed by atoms with E-state index in [1.807, 2.05) is 0 Å². The van der Waals surface area contributed by atoms with Crippen LogP contribution in [0.4, 0.5) is 17.5 Å². The zero-order chi connectivity index (χ0) is 19.7. The van der Waals surface area contributed by atoms with Crippen molar-refractivity contribution in [2.45, 2.75) is 40.5 Å². The van der Waals surface area contributed by atoms with E-state index in [1.165, 1.54) is 27.8 Å². The number of hydrogen-bond donors (Lipinski definition) is 1. The normalized spacial score (nSPS) is 12.9. The van der Waals surface area contributed by atoms with E-state index in [4.69, 9.17) is 9.97 Å². The van der Waals surface area contributed by atoms with Crippen LogP contribution in [-0.2, 0) is 12.8 Å². The van der Waals surface area contributed by atoms with Crippen molar-refractivity contribution < 1.29 is 0 Å². The molecular weight excluding hydrogens is 344 g/mol. The van der Waals surface area contributed by atoms with Crippen LogP contribution in [0.1, 0.15) is 33.5 Å². The minimum absolute atomic E-state index is 0.693. The van der Waals surface area contributed by atoms with Crippen LogP contribution in [0.3, 0.4) is 0 Å². The summed E-state index contributed by atoms with van der Waals surface area (Å²) >= 11 is 0. The average Bonchev–Trinajstić information content (AvgIpc) is 3.07. The maximum absolute atomic E-state index is 4.91. The molecule has 4 heteroatoms. The third kappa shape index (κ3) is 3.72. The van der Waals surface area contributed by atoms with Crippen LogP contribution < -0.4 is 10.2 Å². The molecule has 1 aliphatic heterocycles. The van der Waals surface area contributed by atoms with Crippen molar-refractivity contribution >= 4 is 17.5 Å². The Bertz CT molecular complexity index is 972. The summed E-state index contributed by atoms with van der Waals surface area (Å²) in [5.41, 5.74) is 8.57. The molecule has 144 valence electrons. The molecule has 0 unspecified atom stereocenters. The first kappa shape index (κ1) is 18.5. The largest absolute Gasteiger partial charge is 0.356 e. The number of nitrogens with one attached hydrogen (secondary N) is 1. The highest BCUT2D eigenvalue weighted by Crippen LogP contribution is 2.31. The highest BCUT2D eigenvalue weighted by Gasteiger charge is 2.24. The summed E-state index contributed by atoms with van der Waals surface area (Å²) in [7, 11) is 0. The van der Waals surface area contributed by atoms with Crippen molar-refractivity contribution in [2.24, 2.45) is 0 Å². The van der Waals surface area contributed by atoms with Gasteiger partial charge in [0, 0.05) is 30.0 Å².